The molecule has 1 aliphatic rings. The fourth-order valence-corrected chi connectivity index (χ4v) is 5.10. The molecule has 2 amide bonds. The average Bonchev–Trinajstić information content (AvgIpc) is 3.09. The molecule has 158 valence electrons. The van der Waals surface area contributed by atoms with E-state index in [1.165, 1.54) is 11.3 Å². The van der Waals surface area contributed by atoms with E-state index >= 15 is 0 Å². The Kier molecular flexibility index (Phi) is 6.65. The van der Waals surface area contributed by atoms with Crippen molar-refractivity contribution in [2.45, 2.75) is 19.9 Å². The van der Waals surface area contributed by atoms with Crippen molar-refractivity contribution >= 4 is 38.9 Å². The second-order valence-electron chi connectivity index (χ2n) is 7.04. The van der Waals surface area contributed by atoms with Gasteiger partial charge in [0.1, 0.15) is 10.8 Å². The summed E-state index contributed by atoms with van der Waals surface area (Å²) < 4.78 is 5.44. The van der Waals surface area contributed by atoms with E-state index in [0.29, 0.717) is 21.9 Å². The van der Waals surface area contributed by atoms with Gasteiger partial charge in [-0.2, -0.15) is 0 Å². The lowest BCUT2D eigenvalue weighted by Gasteiger charge is -2.25. The number of halogens is 1. The van der Waals surface area contributed by atoms with E-state index in [0.717, 1.165) is 47.3 Å². The van der Waals surface area contributed by atoms with Crippen molar-refractivity contribution in [3.05, 3.63) is 58.0 Å². The predicted octanol–water partition coefficient (Wildman–Crippen LogP) is 0.643. The third-order valence-electron chi connectivity index (χ3n) is 5.37. The normalized spacial score (nSPS) is 13.4. The Balaban J connectivity index is 0.00000256. The van der Waals surface area contributed by atoms with Gasteiger partial charge in [0, 0.05) is 18.0 Å². The van der Waals surface area contributed by atoms with E-state index in [4.69, 9.17) is 10.5 Å². The van der Waals surface area contributed by atoms with Crippen molar-refractivity contribution in [3.63, 3.8) is 0 Å². The smallest absolute Gasteiger partial charge is 0.260 e. The van der Waals surface area contributed by atoms with Crippen LogP contribution in [0.1, 0.15) is 38.1 Å². The van der Waals surface area contributed by atoms with Crippen LogP contribution in [0.15, 0.2) is 36.4 Å². The summed E-state index contributed by atoms with van der Waals surface area (Å²) in [7, 11) is 1.54. The summed E-state index contributed by atoms with van der Waals surface area (Å²) in [5.41, 5.74) is 7.50. The van der Waals surface area contributed by atoms with Crippen LogP contribution in [0, 0.1) is 0 Å². The Hall–Kier alpha value is -2.61. The van der Waals surface area contributed by atoms with E-state index in [1.54, 1.807) is 13.2 Å². The van der Waals surface area contributed by atoms with Crippen molar-refractivity contribution < 1.29 is 26.7 Å². The maximum Gasteiger partial charge on any atom is 0.260 e. The molecule has 0 aliphatic carbocycles. The monoisotopic (exact) mass is 444 g/mol. The summed E-state index contributed by atoms with van der Waals surface area (Å²) >= 11 is 1.43. The number of carbonyl (C=O) groups excluding carboxylic acids is 2. The molecule has 8 heteroatoms. The average molecular weight is 445 g/mol. The van der Waals surface area contributed by atoms with Crippen molar-refractivity contribution in [1.82, 2.24) is 4.90 Å². The lowest BCUT2D eigenvalue weighted by molar-refractivity contribution is -0.0000221. The Morgan fingerprint density at radius 2 is 1.93 bits per heavy atom. The van der Waals surface area contributed by atoms with Crippen LogP contribution < -0.4 is 28.2 Å². The van der Waals surface area contributed by atoms with E-state index in [9.17, 15) is 9.59 Å². The van der Waals surface area contributed by atoms with Crippen molar-refractivity contribution in [3.8, 4) is 5.75 Å². The number of hydrogen-bond acceptors (Lipinski definition) is 5. The highest BCUT2D eigenvalue weighted by atomic mass is 35.5. The van der Waals surface area contributed by atoms with Gasteiger partial charge < -0.3 is 28.2 Å². The molecule has 0 atom stereocenters. The van der Waals surface area contributed by atoms with Gasteiger partial charge in [-0.3, -0.25) is 14.5 Å². The van der Waals surface area contributed by atoms with Crippen LogP contribution in [-0.4, -0.2) is 36.9 Å². The topological polar surface area (TPSA) is 84.7 Å². The Bertz CT molecular complexity index is 1110. The maximum atomic E-state index is 13.1. The zero-order chi connectivity index (χ0) is 20.5. The third-order valence-corrected chi connectivity index (χ3v) is 6.50. The molecule has 4 rings (SSSR count). The molecule has 3 aromatic rings. The number of hydrogen-bond donors (Lipinski definition) is 2. The number of fused-ring (bicyclic) bond motifs is 2. The van der Waals surface area contributed by atoms with Gasteiger partial charge in [-0.15, -0.1) is 11.3 Å². The van der Waals surface area contributed by atoms with E-state index in [2.05, 4.69) is 17.1 Å². The SMILES string of the molecule is CCN1CCc2c(sc(NC(=O)c3cc4ccccc4cc3OC)c2C(N)=O)C1.[Cl-]. The number of rotatable bonds is 5. The standard InChI is InChI=1S/C22H23N3O3S.ClH/c1-3-25-9-8-15-18(12-25)29-22(19(15)20(23)26)24-21(27)16-10-13-6-4-5-7-14(13)11-17(16)28-2;/h4-7,10-11H,3,8-9,12H2,1-2H3,(H2,23,26)(H,24,27);1H/p-1. The third kappa shape index (κ3) is 4.01. The highest BCUT2D eigenvalue weighted by molar-refractivity contribution is 7.17. The number of amides is 2. The number of likely N-dealkylation sites (N-methyl/N-ethyl adjacent to an activating group) is 1. The number of benzene rings is 2. The van der Waals surface area contributed by atoms with Crippen LogP contribution in [0.2, 0.25) is 0 Å². The molecule has 0 radical (unpaired) electrons. The van der Waals surface area contributed by atoms with Crippen molar-refractivity contribution in [1.29, 1.82) is 0 Å². The van der Waals surface area contributed by atoms with E-state index < -0.39 is 5.91 Å². The summed E-state index contributed by atoms with van der Waals surface area (Å²) in [4.78, 5) is 28.7. The fourth-order valence-electron chi connectivity index (χ4n) is 3.81. The molecule has 0 saturated heterocycles. The Morgan fingerprint density at radius 1 is 1.23 bits per heavy atom. The fraction of sp³-hybridized carbons (Fsp3) is 0.273. The first-order valence-electron chi connectivity index (χ1n) is 9.56. The summed E-state index contributed by atoms with van der Waals surface area (Å²) in [6, 6.07) is 11.4. The van der Waals surface area contributed by atoms with Crippen LogP contribution in [0.3, 0.4) is 0 Å². The number of ether oxygens (including phenoxy) is 1. The molecule has 2 heterocycles. The van der Waals surface area contributed by atoms with Gasteiger partial charge >= 0.3 is 0 Å². The lowest BCUT2D eigenvalue weighted by atomic mass is 10.0. The zero-order valence-corrected chi connectivity index (χ0v) is 18.4. The molecular weight excluding hydrogens is 422 g/mol. The first-order valence-corrected chi connectivity index (χ1v) is 10.4. The van der Waals surface area contributed by atoms with Crippen molar-refractivity contribution in [2.75, 3.05) is 25.5 Å². The largest absolute Gasteiger partial charge is 1.00 e. The Labute approximate surface area is 185 Å². The zero-order valence-electron chi connectivity index (χ0n) is 16.8. The second-order valence-corrected chi connectivity index (χ2v) is 8.15. The molecule has 6 nitrogen and oxygen atoms in total. The van der Waals surface area contributed by atoms with E-state index in [1.807, 2.05) is 30.3 Å². The molecular formula is C22H23ClN3O3S-. The summed E-state index contributed by atoms with van der Waals surface area (Å²) in [5.74, 6) is -0.338. The first kappa shape index (κ1) is 22.1. The predicted molar refractivity (Wildman–Crippen MR) is 116 cm³/mol. The number of primary amides is 1. The van der Waals surface area contributed by atoms with Crippen LogP contribution >= 0.6 is 11.3 Å². The molecule has 2 aromatic carbocycles. The van der Waals surface area contributed by atoms with Gasteiger partial charge in [0.15, 0.2) is 0 Å². The van der Waals surface area contributed by atoms with Gasteiger partial charge in [-0.1, -0.05) is 31.2 Å². The molecule has 0 spiro atoms. The van der Waals surface area contributed by atoms with Gasteiger partial charge in [-0.25, -0.2) is 0 Å². The number of nitrogens with one attached hydrogen (secondary N) is 1. The number of nitrogens with zero attached hydrogens (tertiary/aromatic N) is 1. The molecule has 1 aliphatic heterocycles. The summed E-state index contributed by atoms with van der Waals surface area (Å²) in [5, 5.41) is 5.37. The number of methoxy groups -OCH3 is 1. The van der Waals surface area contributed by atoms with Gasteiger partial charge in [0.25, 0.3) is 11.8 Å². The molecule has 0 bridgehead atoms. The molecule has 0 unspecified atom stereocenters. The minimum atomic E-state index is -0.506. The lowest BCUT2D eigenvalue weighted by Crippen LogP contribution is -3.00. The second kappa shape index (κ2) is 9.04. The maximum absolute atomic E-state index is 13.1. The number of anilines is 1. The number of thiophene rings is 1. The summed E-state index contributed by atoms with van der Waals surface area (Å²) in [6.45, 7) is 4.71. The van der Waals surface area contributed by atoms with Gasteiger partial charge in [-0.05, 0) is 41.4 Å². The highest BCUT2D eigenvalue weighted by Gasteiger charge is 2.28. The van der Waals surface area contributed by atoms with Gasteiger partial charge in [0.2, 0.25) is 0 Å². The van der Waals surface area contributed by atoms with E-state index in [-0.39, 0.29) is 18.3 Å². The Morgan fingerprint density at radius 3 is 2.57 bits per heavy atom. The molecule has 0 fully saturated rings. The number of carbonyl (C=O) groups is 2. The molecule has 0 saturated carbocycles. The minimum absolute atomic E-state index is 0. The molecule has 1 aromatic heterocycles. The molecule has 30 heavy (non-hydrogen) atoms. The van der Waals surface area contributed by atoms with Crippen LogP contribution in [0.4, 0.5) is 5.00 Å². The van der Waals surface area contributed by atoms with Crippen LogP contribution in [-0.2, 0) is 13.0 Å². The van der Waals surface area contributed by atoms with Crippen molar-refractivity contribution in [2.24, 2.45) is 5.73 Å². The molecule has 3 N–H and O–H groups in total. The van der Waals surface area contributed by atoms with Gasteiger partial charge in [0.05, 0.1) is 18.2 Å². The van der Waals surface area contributed by atoms with Crippen LogP contribution in [0.5, 0.6) is 5.75 Å². The highest BCUT2D eigenvalue weighted by Crippen LogP contribution is 2.37. The quantitative estimate of drug-likeness (QED) is 0.605. The summed E-state index contributed by atoms with van der Waals surface area (Å²) in [6.07, 6.45) is 0.757. The van der Waals surface area contributed by atoms with Crippen LogP contribution in [0.25, 0.3) is 10.8 Å². The first-order chi connectivity index (χ1) is 14.0. The number of nitrogens with two attached hydrogens (primary N) is 1. The minimum Gasteiger partial charge on any atom is -1.00 e.